The van der Waals surface area contributed by atoms with Crippen LogP contribution in [-0.2, 0) is 17.6 Å². The van der Waals surface area contributed by atoms with Crippen molar-refractivity contribution in [3.05, 3.63) is 65.5 Å². The molecule has 0 aliphatic carbocycles. The number of para-hydroxylation sites is 1. The number of rotatable bonds is 4. The Hall–Kier alpha value is -2.36. The summed E-state index contributed by atoms with van der Waals surface area (Å²) in [4.78, 5) is 12.1. The fourth-order valence-electron chi connectivity index (χ4n) is 2.60. The van der Waals surface area contributed by atoms with E-state index in [2.05, 4.69) is 10.6 Å². The molecule has 1 amide bonds. The molecule has 2 aromatic rings. The molecular formula is C17H17FN2O. The molecule has 2 aromatic carbocycles. The summed E-state index contributed by atoms with van der Waals surface area (Å²) in [7, 11) is 0. The van der Waals surface area contributed by atoms with Gasteiger partial charge in [-0.3, -0.25) is 4.79 Å². The van der Waals surface area contributed by atoms with Crippen LogP contribution in [0, 0.1) is 5.82 Å². The van der Waals surface area contributed by atoms with Crippen molar-refractivity contribution in [3.8, 4) is 0 Å². The van der Waals surface area contributed by atoms with E-state index in [1.54, 1.807) is 6.07 Å². The Morgan fingerprint density at radius 3 is 2.90 bits per heavy atom. The first-order chi connectivity index (χ1) is 10.2. The van der Waals surface area contributed by atoms with Gasteiger partial charge in [0.2, 0.25) is 5.91 Å². The van der Waals surface area contributed by atoms with Crippen molar-refractivity contribution in [2.45, 2.75) is 18.9 Å². The normalized spacial score (nSPS) is 16.1. The molecule has 0 spiro atoms. The van der Waals surface area contributed by atoms with Crippen LogP contribution in [-0.4, -0.2) is 18.5 Å². The Balaban J connectivity index is 1.50. The maximum Gasteiger partial charge on any atom is 0.242 e. The Labute approximate surface area is 123 Å². The van der Waals surface area contributed by atoms with E-state index >= 15 is 0 Å². The molecule has 2 N–H and O–H groups in total. The van der Waals surface area contributed by atoms with Crippen LogP contribution in [0.2, 0.25) is 0 Å². The lowest BCUT2D eigenvalue weighted by Gasteiger charge is -2.12. The van der Waals surface area contributed by atoms with Crippen molar-refractivity contribution >= 4 is 11.6 Å². The van der Waals surface area contributed by atoms with Crippen LogP contribution in [0.25, 0.3) is 0 Å². The molecule has 108 valence electrons. The number of fused-ring (bicyclic) bond motifs is 1. The van der Waals surface area contributed by atoms with Crippen molar-refractivity contribution in [1.29, 1.82) is 0 Å². The average molecular weight is 284 g/mol. The second-order valence-corrected chi connectivity index (χ2v) is 5.23. The Morgan fingerprint density at radius 2 is 2.10 bits per heavy atom. The molecule has 1 aliphatic heterocycles. The number of nitrogens with one attached hydrogen (secondary N) is 2. The lowest BCUT2D eigenvalue weighted by molar-refractivity contribution is -0.121. The number of carbonyl (C=O) groups is 1. The number of amides is 1. The lowest BCUT2D eigenvalue weighted by Crippen LogP contribution is -2.39. The van der Waals surface area contributed by atoms with E-state index in [9.17, 15) is 9.18 Å². The number of halogens is 1. The number of anilines is 1. The van der Waals surface area contributed by atoms with Gasteiger partial charge in [0.1, 0.15) is 11.9 Å². The molecule has 0 saturated carbocycles. The first-order valence-corrected chi connectivity index (χ1v) is 7.09. The summed E-state index contributed by atoms with van der Waals surface area (Å²) in [6.07, 6.45) is 1.34. The standard InChI is InChI=1S/C17H17FN2O/c18-14-6-3-4-12(10-14)8-9-19-17(21)16-11-13-5-1-2-7-15(13)20-16/h1-7,10,16,20H,8-9,11H2,(H,19,21)/t16-/m0/s1. The summed E-state index contributed by atoms with van der Waals surface area (Å²) in [6, 6.07) is 14.2. The number of hydrogen-bond donors (Lipinski definition) is 2. The molecule has 0 aromatic heterocycles. The first-order valence-electron chi connectivity index (χ1n) is 7.09. The second kappa shape index (κ2) is 5.95. The van der Waals surface area contributed by atoms with Gasteiger partial charge in [-0.2, -0.15) is 0 Å². The van der Waals surface area contributed by atoms with Gasteiger partial charge in [-0.05, 0) is 35.7 Å². The number of carbonyl (C=O) groups excluding carboxylic acids is 1. The van der Waals surface area contributed by atoms with Crippen LogP contribution < -0.4 is 10.6 Å². The van der Waals surface area contributed by atoms with Crippen LogP contribution in [0.5, 0.6) is 0 Å². The number of benzene rings is 2. The van der Waals surface area contributed by atoms with Gasteiger partial charge in [0.05, 0.1) is 0 Å². The molecular weight excluding hydrogens is 267 g/mol. The SMILES string of the molecule is O=C(NCCc1cccc(F)c1)[C@@H]1Cc2ccccc2N1. The van der Waals surface area contributed by atoms with Crippen molar-refractivity contribution < 1.29 is 9.18 Å². The van der Waals surface area contributed by atoms with E-state index in [1.165, 1.54) is 17.7 Å². The Morgan fingerprint density at radius 1 is 1.24 bits per heavy atom. The molecule has 0 unspecified atom stereocenters. The minimum Gasteiger partial charge on any atom is -0.373 e. The van der Waals surface area contributed by atoms with E-state index in [1.807, 2.05) is 30.3 Å². The summed E-state index contributed by atoms with van der Waals surface area (Å²) in [6.45, 7) is 0.511. The van der Waals surface area contributed by atoms with E-state index in [0.717, 1.165) is 11.3 Å². The molecule has 0 bridgehead atoms. The van der Waals surface area contributed by atoms with Crippen molar-refractivity contribution in [2.75, 3.05) is 11.9 Å². The van der Waals surface area contributed by atoms with Crippen LogP contribution in [0.15, 0.2) is 48.5 Å². The first kappa shape index (κ1) is 13.6. The fraction of sp³-hybridized carbons (Fsp3) is 0.235. The lowest BCUT2D eigenvalue weighted by atomic mass is 10.1. The Kier molecular flexibility index (Phi) is 3.86. The third-order valence-corrected chi connectivity index (χ3v) is 3.69. The zero-order chi connectivity index (χ0) is 14.7. The van der Waals surface area contributed by atoms with Gasteiger partial charge in [-0.1, -0.05) is 30.3 Å². The minimum absolute atomic E-state index is 0.0115. The minimum atomic E-state index is -0.244. The van der Waals surface area contributed by atoms with Crippen LogP contribution in [0.1, 0.15) is 11.1 Å². The zero-order valence-electron chi connectivity index (χ0n) is 11.6. The highest BCUT2D eigenvalue weighted by atomic mass is 19.1. The van der Waals surface area contributed by atoms with E-state index in [-0.39, 0.29) is 17.8 Å². The molecule has 21 heavy (non-hydrogen) atoms. The predicted octanol–water partition coefficient (Wildman–Crippen LogP) is 2.52. The summed E-state index contributed by atoms with van der Waals surface area (Å²) in [5.41, 5.74) is 3.09. The highest BCUT2D eigenvalue weighted by Gasteiger charge is 2.25. The Bertz CT molecular complexity index is 632. The van der Waals surface area contributed by atoms with Gasteiger partial charge >= 0.3 is 0 Å². The smallest absolute Gasteiger partial charge is 0.242 e. The molecule has 3 rings (SSSR count). The van der Waals surface area contributed by atoms with Crippen molar-refractivity contribution in [3.63, 3.8) is 0 Å². The van der Waals surface area contributed by atoms with Gasteiger partial charge in [0.15, 0.2) is 0 Å². The number of hydrogen-bond acceptors (Lipinski definition) is 2. The maximum atomic E-state index is 13.1. The zero-order valence-corrected chi connectivity index (χ0v) is 11.6. The second-order valence-electron chi connectivity index (χ2n) is 5.23. The van der Waals surface area contributed by atoms with E-state index in [4.69, 9.17) is 0 Å². The van der Waals surface area contributed by atoms with E-state index < -0.39 is 0 Å². The summed E-state index contributed by atoms with van der Waals surface area (Å²) in [5.74, 6) is -0.255. The van der Waals surface area contributed by atoms with Crippen LogP contribution >= 0.6 is 0 Å². The molecule has 4 heteroatoms. The molecule has 1 atom stereocenters. The molecule has 0 saturated heterocycles. The highest BCUT2D eigenvalue weighted by molar-refractivity contribution is 5.87. The molecule has 0 fully saturated rings. The van der Waals surface area contributed by atoms with Crippen LogP contribution in [0.4, 0.5) is 10.1 Å². The highest BCUT2D eigenvalue weighted by Crippen LogP contribution is 2.24. The molecule has 1 heterocycles. The molecule has 0 radical (unpaired) electrons. The van der Waals surface area contributed by atoms with Gasteiger partial charge < -0.3 is 10.6 Å². The van der Waals surface area contributed by atoms with Gasteiger partial charge in [0, 0.05) is 18.7 Å². The third-order valence-electron chi connectivity index (χ3n) is 3.69. The van der Waals surface area contributed by atoms with Crippen LogP contribution in [0.3, 0.4) is 0 Å². The summed E-state index contributed by atoms with van der Waals surface area (Å²) in [5, 5.41) is 6.12. The largest absolute Gasteiger partial charge is 0.373 e. The fourth-order valence-corrected chi connectivity index (χ4v) is 2.60. The predicted molar refractivity (Wildman–Crippen MR) is 80.7 cm³/mol. The topological polar surface area (TPSA) is 41.1 Å². The average Bonchev–Trinajstić information content (AvgIpc) is 2.91. The summed E-state index contributed by atoms with van der Waals surface area (Å²) < 4.78 is 13.1. The van der Waals surface area contributed by atoms with E-state index in [0.29, 0.717) is 19.4 Å². The van der Waals surface area contributed by atoms with Gasteiger partial charge in [0.25, 0.3) is 0 Å². The van der Waals surface area contributed by atoms with Gasteiger partial charge in [-0.25, -0.2) is 4.39 Å². The van der Waals surface area contributed by atoms with Crippen molar-refractivity contribution in [2.24, 2.45) is 0 Å². The summed E-state index contributed by atoms with van der Waals surface area (Å²) >= 11 is 0. The quantitative estimate of drug-likeness (QED) is 0.906. The third kappa shape index (κ3) is 3.21. The van der Waals surface area contributed by atoms with Gasteiger partial charge in [-0.15, -0.1) is 0 Å². The molecule has 1 aliphatic rings. The maximum absolute atomic E-state index is 13.1. The molecule has 3 nitrogen and oxygen atoms in total. The monoisotopic (exact) mass is 284 g/mol. The van der Waals surface area contributed by atoms with Crippen molar-refractivity contribution in [1.82, 2.24) is 5.32 Å².